The number of nitrogen functional groups attached to an aromatic ring is 1. The third-order valence-corrected chi connectivity index (χ3v) is 6.41. The van der Waals surface area contributed by atoms with E-state index in [9.17, 15) is 19.5 Å². The van der Waals surface area contributed by atoms with Gasteiger partial charge in [0.25, 0.3) is 11.8 Å². The monoisotopic (exact) mass is 580 g/mol. The van der Waals surface area contributed by atoms with Gasteiger partial charge in [0, 0.05) is 43.3 Å². The van der Waals surface area contributed by atoms with Crippen molar-refractivity contribution in [3.63, 3.8) is 0 Å². The Morgan fingerprint density at radius 1 is 1.02 bits per heavy atom. The topological polar surface area (TPSA) is 186 Å². The molecule has 0 radical (unpaired) electrons. The number of carbonyl (C=O) groups is 3. The molecule has 3 aromatic heterocycles. The van der Waals surface area contributed by atoms with Crippen molar-refractivity contribution in [2.24, 2.45) is 0 Å². The summed E-state index contributed by atoms with van der Waals surface area (Å²) in [6.07, 6.45) is 2.21. The number of nitrogens with zero attached hydrogens (tertiary/aromatic N) is 4. The number of aromatic nitrogens is 4. The molecule has 0 aliphatic carbocycles. The fraction of sp³-hybridized carbons (Fsp3) is 0.259. The van der Waals surface area contributed by atoms with Crippen LogP contribution in [0.2, 0.25) is 5.02 Å². The van der Waals surface area contributed by atoms with E-state index in [4.69, 9.17) is 22.1 Å². The highest BCUT2D eigenvalue weighted by atomic mass is 35.5. The Hall–Kier alpha value is -4.75. The lowest BCUT2D eigenvalue weighted by molar-refractivity contribution is -0.118. The van der Waals surface area contributed by atoms with Gasteiger partial charge in [0.15, 0.2) is 5.82 Å². The number of pyridine rings is 1. The van der Waals surface area contributed by atoms with Crippen LogP contribution in [0.1, 0.15) is 45.7 Å². The second-order valence-electron chi connectivity index (χ2n) is 8.98. The van der Waals surface area contributed by atoms with Gasteiger partial charge in [-0.25, -0.2) is 14.5 Å². The molecule has 3 heterocycles. The molecule has 214 valence electrons. The average molecular weight is 581 g/mol. The Bertz CT molecular complexity index is 1570. The number of carbonyl (C=O) groups excluding carboxylic acids is 3. The Labute approximate surface area is 240 Å². The summed E-state index contributed by atoms with van der Waals surface area (Å²) < 4.78 is 6.75. The second kappa shape index (κ2) is 13.1. The molecule has 0 fully saturated rings. The lowest BCUT2D eigenvalue weighted by Crippen LogP contribution is -2.33. The number of halogens is 1. The predicted molar refractivity (Wildman–Crippen MR) is 152 cm³/mol. The van der Waals surface area contributed by atoms with Gasteiger partial charge in [0.05, 0.1) is 24.5 Å². The van der Waals surface area contributed by atoms with Crippen molar-refractivity contribution in [1.82, 2.24) is 35.5 Å². The lowest BCUT2D eigenvalue weighted by Gasteiger charge is -2.13. The quantitative estimate of drug-likeness (QED) is 0.165. The van der Waals surface area contributed by atoms with Crippen molar-refractivity contribution in [3.05, 3.63) is 70.6 Å². The van der Waals surface area contributed by atoms with Crippen LogP contribution in [0.25, 0.3) is 16.8 Å². The fourth-order valence-electron chi connectivity index (χ4n) is 4.14. The van der Waals surface area contributed by atoms with E-state index in [0.717, 1.165) is 0 Å². The van der Waals surface area contributed by atoms with E-state index in [1.807, 2.05) is 0 Å². The zero-order chi connectivity index (χ0) is 29.5. The number of aliphatic hydroxyl groups excluding tert-OH is 1. The molecule has 3 amide bonds. The van der Waals surface area contributed by atoms with Gasteiger partial charge in [-0.1, -0.05) is 23.7 Å². The molecular formula is C27H29ClN8O5. The molecule has 0 saturated carbocycles. The molecular weight excluding hydrogens is 552 g/mol. The minimum Gasteiger partial charge on any atom is -0.480 e. The molecule has 14 heteroatoms. The van der Waals surface area contributed by atoms with Gasteiger partial charge in [-0.2, -0.15) is 5.10 Å². The van der Waals surface area contributed by atoms with Gasteiger partial charge in [0.2, 0.25) is 11.8 Å². The number of methoxy groups -OCH3 is 1. The summed E-state index contributed by atoms with van der Waals surface area (Å²) in [6.45, 7) is 2.01. The summed E-state index contributed by atoms with van der Waals surface area (Å²) in [5.41, 5.74) is 8.30. The molecule has 0 saturated heterocycles. The first kappa shape index (κ1) is 29.2. The summed E-state index contributed by atoms with van der Waals surface area (Å²) in [4.78, 5) is 45.5. The van der Waals surface area contributed by atoms with Gasteiger partial charge >= 0.3 is 0 Å². The first-order chi connectivity index (χ1) is 19.7. The summed E-state index contributed by atoms with van der Waals surface area (Å²) in [7, 11) is 1.40. The zero-order valence-electron chi connectivity index (χ0n) is 22.3. The van der Waals surface area contributed by atoms with Crippen LogP contribution in [-0.4, -0.2) is 69.2 Å². The normalized spacial score (nSPS) is 11.6. The van der Waals surface area contributed by atoms with Crippen LogP contribution in [0.4, 0.5) is 5.82 Å². The molecule has 41 heavy (non-hydrogen) atoms. The van der Waals surface area contributed by atoms with Gasteiger partial charge in [-0.05, 0) is 36.2 Å². The zero-order valence-corrected chi connectivity index (χ0v) is 23.1. The molecule has 0 unspecified atom stereocenters. The first-order valence-electron chi connectivity index (χ1n) is 12.6. The van der Waals surface area contributed by atoms with Gasteiger partial charge in [-0.3, -0.25) is 14.4 Å². The van der Waals surface area contributed by atoms with Crippen molar-refractivity contribution >= 4 is 40.7 Å². The van der Waals surface area contributed by atoms with Crippen LogP contribution in [0, 0.1) is 0 Å². The molecule has 4 aromatic rings. The van der Waals surface area contributed by atoms with Crippen LogP contribution in [0.15, 0.2) is 48.9 Å². The van der Waals surface area contributed by atoms with Gasteiger partial charge < -0.3 is 31.5 Å². The summed E-state index contributed by atoms with van der Waals surface area (Å²) in [5, 5.41) is 23.4. The maximum absolute atomic E-state index is 13.1. The molecule has 0 bridgehead atoms. The van der Waals surface area contributed by atoms with E-state index in [1.54, 1.807) is 36.4 Å². The number of benzene rings is 1. The molecule has 1 atom stereocenters. The third kappa shape index (κ3) is 6.88. The van der Waals surface area contributed by atoms with Gasteiger partial charge in [-0.15, -0.1) is 0 Å². The van der Waals surface area contributed by atoms with Crippen LogP contribution in [0.3, 0.4) is 0 Å². The molecule has 0 aliphatic heterocycles. The Balaban J connectivity index is 1.56. The smallest absolute Gasteiger partial charge is 0.256 e. The number of aliphatic hydroxyl groups is 1. The van der Waals surface area contributed by atoms with Crippen molar-refractivity contribution in [1.29, 1.82) is 0 Å². The van der Waals surface area contributed by atoms with Crippen molar-refractivity contribution < 1.29 is 24.2 Å². The highest BCUT2D eigenvalue weighted by Gasteiger charge is 2.22. The molecule has 0 spiro atoms. The molecule has 13 nitrogen and oxygen atoms in total. The molecule has 1 aromatic carbocycles. The number of amides is 3. The van der Waals surface area contributed by atoms with E-state index in [1.165, 1.54) is 31.1 Å². The lowest BCUT2D eigenvalue weighted by atomic mass is 10.1. The van der Waals surface area contributed by atoms with Crippen LogP contribution < -0.4 is 26.4 Å². The summed E-state index contributed by atoms with van der Waals surface area (Å²) >= 11 is 5.90. The van der Waals surface area contributed by atoms with Crippen molar-refractivity contribution in [2.75, 3.05) is 32.5 Å². The third-order valence-electron chi connectivity index (χ3n) is 6.15. The van der Waals surface area contributed by atoms with Gasteiger partial charge in [0.1, 0.15) is 17.4 Å². The fourth-order valence-corrected chi connectivity index (χ4v) is 4.27. The standard InChI is InChI=1S/C27H29ClN8O5/c1-15(37)30-9-10-32-25(39)19-12-21(36-23(19)24(29)34-14-35-36)17-11-20(27(41-2)33-13-17)26(40)31-8-7-22(38)16-3-5-18(28)6-4-16/h3-6,11-14,22,38H,7-10H2,1-2H3,(H,30,37)(H,31,40)(H,32,39)(H2,29,34,35)/t22-/m0/s1. The number of ether oxygens (including phenoxy) is 1. The number of nitrogens with two attached hydrogens (primary N) is 1. The Kier molecular flexibility index (Phi) is 9.32. The maximum Gasteiger partial charge on any atom is 0.256 e. The average Bonchev–Trinajstić information content (AvgIpc) is 3.36. The highest BCUT2D eigenvalue weighted by molar-refractivity contribution is 6.30. The number of fused-ring (bicyclic) bond motifs is 1. The van der Waals surface area contributed by atoms with Crippen LogP contribution >= 0.6 is 11.6 Å². The van der Waals surface area contributed by atoms with Crippen LogP contribution in [0.5, 0.6) is 5.88 Å². The Morgan fingerprint density at radius 3 is 2.41 bits per heavy atom. The molecule has 6 N–H and O–H groups in total. The maximum atomic E-state index is 13.1. The minimum absolute atomic E-state index is 0.0805. The van der Waals surface area contributed by atoms with Crippen molar-refractivity contribution in [3.8, 4) is 17.1 Å². The van der Waals surface area contributed by atoms with E-state index < -0.39 is 17.9 Å². The highest BCUT2D eigenvalue weighted by Crippen LogP contribution is 2.30. The van der Waals surface area contributed by atoms with E-state index >= 15 is 0 Å². The number of anilines is 1. The molecule has 4 rings (SSSR count). The predicted octanol–water partition coefficient (Wildman–Crippen LogP) is 1.75. The van der Waals surface area contributed by atoms with Crippen LogP contribution in [-0.2, 0) is 4.79 Å². The summed E-state index contributed by atoms with van der Waals surface area (Å²) in [5.74, 6) is -0.949. The van der Waals surface area contributed by atoms with E-state index in [2.05, 4.69) is 31.0 Å². The van der Waals surface area contributed by atoms with Crippen molar-refractivity contribution in [2.45, 2.75) is 19.4 Å². The number of rotatable bonds is 11. The molecule has 0 aliphatic rings. The first-order valence-corrected chi connectivity index (χ1v) is 13.0. The number of nitrogens with one attached hydrogen (secondary N) is 3. The summed E-state index contributed by atoms with van der Waals surface area (Å²) in [6, 6.07) is 9.95. The largest absolute Gasteiger partial charge is 0.480 e. The number of hydrogen-bond donors (Lipinski definition) is 5. The van der Waals surface area contributed by atoms with E-state index in [0.29, 0.717) is 21.8 Å². The number of hydrogen-bond acceptors (Lipinski definition) is 9. The van der Waals surface area contributed by atoms with E-state index in [-0.39, 0.29) is 60.3 Å². The Morgan fingerprint density at radius 2 is 1.71 bits per heavy atom. The SMILES string of the molecule is COc1ncc(-c2cc(C(=O)NCCNC(C)=O)c3c(N)ncnn23)cc1C(=O)NCC[C@H](O)c1ccc(Cl)cc1. The second-order valence-corrected chi connectivity index (χ2v) is 9.42. The minimum atomic E-state index is -0.793.